The van der Waals surface area contributed by atoms with Crippen molar-refractivity contribution in [2.45, 2.75) is 116 Å². The number of carbonyl (C=O) groups is 1. The summed E-state index contributed by atoms with van der Waals surface area (Å²) < 4.78 is 54.2. The smallest absolute Gasteiger partial charge is 0.339 e. The van der Waals surface area contributed by atoms with E-state index in [0.29, 0.717) is 24.3 Å². The summed E-state index contributed by atoms with van der Waals surface area (Å²) >= 11 is 0. The number of alkyl halides is 2. The molecule has 1 atom stereocenters. The zero-order valence-electron chi connectivity index (χ0n) is 20.6. The topological polar surface area (TPSA) is 35.5 Å². The lowest BCUT2D eigenvalue weighted by Crippen LogP contribution is -2.30. The third-order valence-corrected chi connectivity index (χ3v) is 8.53. The van der Waals surface area contributed by atoms with Gasteiger partial charge in [0.2, 0.25) is 0 Å². The van der Waals surface area contributed by atoms with Crippen molar-refractivity contribution in [1.82, 2.24) is 0 Å². The van der Waals surface area contributed by atoms with Crippen molar-refractivity contribution in [3.8, 4) is 5.75 Å². The number of hydrogen-bond donors (Lipinski definition) is 0. The van der Waals surface area contributed by atoms with E-state index >= 15 is 4.39 Å². The first kappa shape index (κ1) is 25.4. The highest BCUT2D eigenvalue weighted by Crippen LogP contribution is 2.42. The van der Waals surface area contributed by atoms with Crippen LogP contribution in [0.2, 0.25) is 0 Å². The lowest BCUT2D eigenvalue weighted by molar-refractivity contribution is 0.0101. The lowest BCUT2D eigenvalue weighted by Gasteiger charge is -2.37. The Kier molecular flexibility index (Phi) is 8.47. The van der Waals surface area contributed by atoms with E-state index in [4.69, 9.17) is 9.47 Å². The summed E-state index contributed by atoms with van der Waals surface area (Å²) in [6, 6.07) is 1.38. The molecule has 0 bridgehead atoms. The normalized spacial score (nSPS) is 29.4. The molecular formula is C28H39F3O3. The molecule has 2 saturated carbocycles. The van der Waals surface area contributed by atoms with E-state index in [1.807, 2.05) is 6.92 Å². The van der Waals surface area contributed by atoms with Crippen molar-refractivity contribution < 1.29 is 27.4 Å². The standard InChI is InChI=1S/C28H39F3O3/c1-3-5-21-15-12-20-16-23(24(27(30)31)25(29)26(20)33-21)28(32)34-22-13-10-19(11-14-22)18-8-6-17(4-2)7-9-18/h16-19,21-22,27H,3-15H2,1-2H3. The van der Waals surface area contributed by atoms with Gasteiger partial charge in [0.15, 0.2) is 11.6 Å². The molecule has 2 fully saturated rings. The molecule has 1 aliphatic heterocycles. The van der Waals surface area contributed by atoms with Gasteiger partial charge in [0.05, 0.1) is 17.2 Å². The van der Waals surface area contributed by atoms with Crippen molar-refractivity contribution in [3.05, 3.63) is 28.6 Å². The molecule has 0 amide bonds. The fourth-order valence-corrected chi connectivity index (χ4v) is 6.42. The monoisotopic (exact) mass is 480 g/mol. The number of esters is 1. The second-order valence-corrected chi connectivity index (χ2v) is 10.6. The van der Waals surface area contributed by atoms with E-state index in [1.165, 1.54) is 38.2 Å². The van der Waals surface area contributed by atoms with Crippen LogP contribution in [0.15, 0.2) is 6.07 Å². The molecule has 3 nitrogen and oxygen atoms in total. The van der Waals surface area contributed by atoms with E-state index in [1.54, 1.807) is 0 Å². The SMILES string of the molecule is CCCC1CCc2cc(C(=O)OC3CCC(C4CCC(CC)CC4)CC3)c(C(F)F)c(F)c2O1. The molecule has 4 rings (SSSR count). The van der Waals surface area contributed by atoms with Crippen molar-refractivity contribution in [3.63, 3.8) is 0 Å². The number of hydrogen-bond acceptors (Lipinski definition) is 3. The summed E-state index contributed by atoms with van der Waals surface area (Å²) in [5, 5.41) is 0. The zero-order chi connectivity index (χ0) is 24.2. The summed E-state index contributed by atoms with van der Waals surface area (Å²) in [5.74, 6) is 0.244. The predicted octanol–water partition coefficient (Wildman–Crippen LogP) is 8.19. The van der Waals surface area contributed by atoms with Crippen LogP contribution in [0.4, 0.5) is 13.2 Å². The molecule has 0 N–H and O–H groups in total. The molecule has 0 spiro atoms. The van der Waals surface area contributed by atoms with E-state index in [2.05, 4.69) is 6.92 Å². The lowest BCUT2D eigenvalue weighted by atomic mass is 9.70. The Bertz CT molecular complexity index is 840. The van der Waals surface area contributed by atoms with Crippen LogP contribution < -0.4 is 4.74 Å². The Morgan fingerprint density at radius 3 is 2.26 bits per heavy atom. The number of aryl methyl sites for hydroxylation is 1. The van der Waals surface area contributed by atoms with Crippen molar-refractivity contribution in [2.75, 3.05) is 0 Å². The number of ether oxygens (including phenoxy) is 2. The van der Waals surface area contributed by atoms with Gasteiger partial charge in [-0.2, -0.15) is 0 Å². The quantitative estimate of drug-likeness (QED) is 0.369. The van der Waals surface area contributed by atoms with Crippen molar-refractivity contribution >= 4 is 5.97 Å². The molecule has 1 aromatic carbocycles. The molecule has 34 heavy (non-hydrogen) atoms. The summed E-state index contributed by atoms with van der Waals surface area (Å²) in [6.07, 6.45) is 9.24. The van der Waals surface area contributed by atoms with Crippen LogP contribution in [0.1, 0.15) is 119 Å². The van der Waals surface area contributed by atoms with Gasteiger partial charge in [0, 0.05) is 0 Å². The minimum Gasteiger partial charge on any atom is -0.487 e. The van der Waals surface area contributed by atoms with Gasteiger partial charge in [-0.1, -0.05) is 39.5 Å². The van der Waals surface area contributed by atoms with Crippen LogP contribution in [0, 0.1) is 23.6 Å². The van der Waals surface area contributed by atoms with E-state index in [0.717, 1.165) is 50.4 Å². The number of carbonyl (C=O) groups excluding carboxylic acids is 1. The number of benzene rings is 1. The molecule has 2 aliphatic carbocycles. The molecule has 0 saturated heterocycles. The largest absolute Gasteiger partial charge is 0.487 e. The summed E-state index contributed by atoms with van der Waals surface area (Å²) in [5.41, 5.74) is -0.751. The van der Waals surface area contributed by atoms with Gasteiger partial charge in [0.1, 0.15) is 6.10 Å². The minimum atomic E-state index is -3.11. The van der Waals surface area contributed by atoms with Crippen LogP contribution in [0.3, 0.4) is 0 Å². The molecule has 6 heteroatoms. The Morgan fingerprint density at radius 2 is 1.68 bits per heavy atom. The zero-order valence-corrected chi connectivity index (χ0v) is 20.6. The van der Waals surface area contributed by atoms with Crippen LogP contribution in [-0.2, 0) is 11.2 Å². The second kappa shape index (κ2) is 11.3. The Labute approximate surface area is 201 Å². The molecule has 3 aliphatic rings. The number of fused-ring (bicyclic) bond motifs is 1. The van der Waals surface area contributed by atoms with E-state index in [9.17, 15) is 13.6 Å². The van der Waals surface area contributed by atoms with Crippen molar-refractivity contribution in [2.24, 2.45) is 17.8 Å². The van der Waals surface area contributed by atoms with Gasteiger partial charge in [-0.25, -0.2) is 18.0 Å². The van der Waals surface area contributed by atoms with E-state index in [-0.39, 0.29) is 23.5 Å². The highest BCUT2D eigenvalue weighted by atomic mass is 19.3. The molecular weight excluding hydrogens is 441 g/mol. The maximum Gasteiger partial charge on any atom is 0.339 e. The third kappa shape index (κ3) is 5.57. The van der Waals surface area contributed by atoms with Crippen LogP contribution in [0.25, 0.3) is 0 Å². The average molecular weight is 481 g/mol. The van der Waals surface area contributed by atoms with Gasteiger partial charge in [-0.3, -0.25) is 0 Å². The number of rotatable bonds is 7. The summed E-state index contributed by atoms with van der Waals surface area (Å²) in [4.78, 5) is 12.9. The fourth-order valence-electron chi connectivity index (χ4n) is 6.42. The van der Waals surface area contributed by atoms with Crippen LogP contribution >= 0.6 is 0 Å². The van der Waals surface area contributed by atoms with E-state index < -0.39 is 23.8 Å². The molecule has 1 aromatic rings. The first-order valence-electron chi connectivity index (χ1n) is 13.4. The highest BCUT2D eigenvalue weighted by molar-refractivity contribution is 5.92. The minimum absolute atomic E-state index is 0.116. The Morgan fingerprint density at radius 1 is 1.03 bits per heavy atom. The predicted molar refractivity (Wildman–Crippen MR) is 126 cm³/mol. The first-order valence-corrected chi connectivity index (χ1v) is 13.4. The molecule has 190 valence electrons. The summed E-state index contributed by atoms with van der Waals surface area (Å²) in [6.45, 7) is 4.28. The van der Waals surface area contributed by atoms with Gasteiger partial charge < -0.3 is 9.47 Å². The number of halogens is 3. The maximum atomic E-state index is 15.1. The van der Waals surface area contributed by atoms with Crippen LogP contribution in [0.5, 0.6) is 5.75 Å². The Hall–Kier alpha value is -1.72. The average Bonchev–Trinajstić information content (AvgIpc) is 2.84. The van der Waals surface area contributed by atoms with Crippen molar-refractivity contribution in [1.29, 1.82) is 0 Å². The molecule has 0 radical (unpaired) electrons. The molecule has 1 unspecified atom stereocenters. The second-order valence-electron chi connectivity index (χ2n) is 10.6. The Balaban J connectivity index is 1.40. The molecule has 0 aromatic heterocycles. The maximum absolute atomic E-state index is 15.1. The van der Waals surface area contributed by atoms with Gasteiger partial charge in [0.25, 0.3) is 6.43 Å². The van der Waals surface area contributed by atoms with Gasteiger partial charge in [-0.05, 0) is 87.2 Å². The third-order valence-electron chi connectivity index (χ3n) is 8.53. The van der Waals surface area contributed by atoms with Crippen LogP contribution in [-0.4, -0.2) is 18.2 Å². The van der Waals surface area contributed by atoms with Gasteiger partial charge in [-0.15, -0.1) is 0 Å². The molecule has 1 heterocycles. The van der Waals surface area contributed by atoms with Gasteiger partial charge >= 0.3 is 5.97 Å². The first-order chi connectivity index (χ1) is 16.4. The fraction of sp³-hybridized carbons (Fsp3) is 0.750. The highest BCUT2D eigenvalue weighted by Gasteiger charge is 2.35. The summed E-state index contributed by atoms with van der Waals surface area (Å²) in [7, 11) is 0.